The van der Waals surface area contributed by atoms with Crippen LogP contribution in [-0.2, 0) is 27.9 Å². The largest absolute Gasteiger partial charge is 0.756 e. The average Bonchev–Trinajstić information content (AvgIpc) is 3.13. The lowest BCUT2D eigenvalue weighted by Gasteiger charge is -2.28. The van der Waals surface area contributed by atoms with Gasteiger partial charge in [-0.25, -0.2) is 0 Å². The van der Waals surface area contributed by atoms with E-state index >= 15 is 0 Å². The first-order chi connectivity index (χ1) is 26.6. The standard InChI is InChI=1S/C46H86NO7P/c1-6-8-10-12-14-16-18-20-21-22-23-24-25-26-27-28-29-31-33-35-37-39-46(48)54-45(44-53-55(49,50)52-42-40-47(3,4)5)43-51-41-38-36-34-32-30-19-17-15-13-11-9-7-2/h13,15,18,20,22-23,25-26,45H,6-12,14,16-17,19,21,24,27-44H2,1-5H3/b15-13-,20-18-,23-22-,26-25-. The highest BCUT2D eigenvalue weighted by molar-refractivity contribution is 7.45. The van der Waals surface area contributed by atoms with Gasteiger partial charge < -0.3 is 27.9 Å². The summed E-state index contributed by atoms with van der Waals surface area (Å²) in [6.45, 7) is 5.33. The second kappa shape index (κ2) is 39.3. The SMILES string of the molecule is CCCC/C=C\CCCCCCCCOCC(COP(=O)([O-])OCC[N+](C)(C)C)OC(=O)CCCCCCCC/C=C\C/C=C\C/C=C\CCCCCCC. The molecule has 0 spiro atoms. The zero-order chi connectivity index (χ0) is 40.6. The van der Waals surface area contributed by atoms with Gasteiger partial charge in [-0.2, -0.15) is 0 Å². The van der Waals surface area contributed by atoms with E-state index in [1.165, 1.54) is 103 Å². The molecule has 0 N–H and O–H groups in total. The molecule has 322 valence electrons. The summed E-state index contributed by atoms with van der Waals surface area (Å²) in [4.78, 5) is 25.0. The fourth-order valence-electron chi connectivity index (χ4n) is 5.83. The van der Waals surface area contributed by atoms with Crippen LogP contribution in [0.3, 0.4) is 0 Å². The maximum atomic E-state index is 12.7. The number of phosphoric ester groups is 1. The lowest BCUT2D eigenvalue weighted by Crippen LogP contribution is -2.37. The lowest BCUT2D eigenvalue weighted by molar-refractivity contribution is -0.870. The molecular formula is C46H86NO7P. The van der Waals surface area contributed by atoms with Gasteiger partial charge in [0.15, 0.2) is 0 Å². The summed E-state index contributed by atoms with van der Waals surface area (Å²) < 4.78 is 34.5. The molecule has 2 unspecified atom stereocenters. The molecule has 2 atom stereocenters. The second-order valence-electron chi connectivity index (χ2n) is 16.0. The summed E-state index contributed by atoms with van der Waals surface area (Å²) in [6.07, 6.45) is 46.9. The van der Waals surface area contributed by atoms with Gasteiger partial charge in [0.25, 0.3) is 7.82 Å². The lowest BCUT2D eigenvalue weighted by atomic mass is 10.1. The van der Waals surface area contributed by atoms with E-state index in [9.17, 15) is 14.3 Å². The van der Waals surface area contributed by atoms with Crippen molar-refractivity contribution in [3.8, 4) is 0 Å². The average molecular weight is 796 g/mol. The number of hydrogen-bond donors (Lipinski definition) is 0. The molecule has 0 aliphatic heterocycles. The van der Waals surface area contributed by atoms with Crippen molar-refractivity contribution < 1.29 is 37.3 Å². The number of ether oxygens (including phenoxy) is 2. The van der Waals surface area contributed by atoms with E-state index in [4.69, 9.17) is 18.5 Å². The molecule has 0 fully saturated rings. The molecule has 0 rings (SSSR count). The van der Waals surface area contributed by atoms with Crippen molar-refractivity contribution in [3.05, 3.63) is 48.6 Å². The first-order valence-corrected chi connectivity index (χ1v) is 23.8. The van der Waals surface area contributed by atoms with Crippen molar-refractivity contribution in [2.24, 2.45) is 0 Å². The quantitative estimate of drug-likeness (QED) is 0.0200. The Morgan fingerprint density at radius 1 is 0.564 bits per heavy atom. The number of carbonyl (C=O) groups excluding carboxylic acids is 1. The van der Waals surface area contributed by atoms with Gasteiger partial charge in [0, 0.05) is 13.0 Å². The number of likely N-dealkylation sites (N-methyl/N-ethyl adjacent to an activating group) is 1. The molecule has 0 amide bonds. The summed E-state index contributed by atoms with van der Waals surface area (Å²) in [5, 5.41) is 0. The minimum absolute atomic E-state index is 0.0207. The smallest absolute Gasteiger partial charge is 0.306 e. The Morgan fingerprint density at radius 2 is 1.02 bits per heavy atom. The van der Waals surface area contributed by atoms with Crippen LogP contribution < -0.4 is 4.89 Å². The van der Waals surface area contributed by atoms with Gasteiger partial charge in [0.1, 0.15) is 19.3 Å². The third-order valence-electron chi connectivity index (χ3n) is 9.35. The molecule has 8 nitrogen and oxygen atoms in total. The Balaban J connectivity index is 4.23. The van der Waals surface area contributed by atoms with Crippen LogP contribution in [0.1, 0.15) is 181 Å². The van der Waals surface area contributed by atoms with Gasteiger partial charge in [-0.3, -0.25) is 9.36 Å². The molecule has 0 bridgehead atoms. The van der Waals surface area contributed by atoms with Crippen LogP contribution >= 0.6 is 7.82 Å². The van der Waals surface area contributed by atoms with E-state index in [2.05, 4.69) is 62.5 Å². The second-order valence-corrected chi connectivity index (χ2v) is 17.5. The molecule has 0 aliphatic rings. The number of nitrogens with zero attached hydrogens (tertiary/aromatic N) is 1. The Labute approximate surface area is 339 Å². The number of hydrogen-bond acceptors (Lipinski definition) is 7. The minimum Gasteiger partial charge on any atom is -0.756 e. The van der Waals surface area contributed by atoms with E-state index in [0.29, 0.717) is 24.1 Å². The van der Waals surface area contributed by atoms with Gasteiger partial charge in [0.05, 0.1) is 34.4 Å². The van der Waals surface area contributed by atoms with Crippen LogP contribution in [0.4, 0.5) is 0 Å². The van der Waals surface area contributed by atoms with E-state index in [1.54, 1.807) is 0 Å². The predicted octanol–water partition coefficient (Wildman–Crippen LogP) is 12.5. The van der Waals surface area contributed by atoms with Crippen molar-refractivity contribution in [1.29, 1.82) is 0 Å². The van der Waals surface area contributed by atoms with E-state index in [0.717, 1.165) is 57.8 Å². The zero-order valence-electron chi connectivity index (χ0n) is 36.4. The van der Waals surface area contributed by atoms with Gasteiger partial charge in [-0.15, -0.1) is 0 Å². The van der Waals surface area contributed by atoms with Crippen LogP contribution in [0.2, 0.25) is 0 Å². The fourth-order valence-corrected chi connectivity index (χ4v) is 6.56. The van der Waals surface area contributed by atoms with Gasteiger partial charge >= 0.3 is 5.97 Å². The maximum absolute atomic E-state index is 12.7. The van der Waals surface area contributed by atoms with Crippen molar-refractivity contribution in [3.63, 3.8) is 0 Å². The Bertz CT molecular complexity index is 1020. The molecule has 0 radical (unpaired) electrons. The third kappa shape index (κ3) is 43.4. The normalized spacial score (nSPS) is 14.2. The number of carbonyl (C=O) groups is 1. The van der Waals surface area contributed by atoms with Crippen LogP contribution in [0.15, 0.2) is 48.6 Å². The summed E-state index contributed by atoms with van der Waals surface area (Å²) in [7, 11) is 1.34. The molecule has 55 heavy (non-hydrogen) atoms. The van der Waals surface area contributed by atoms with Crippen molar-refractivity contribution in [2.45, 2.75) is 187 Å². The third-order valence-corrected chi connectivity index (χ3v) is 10.3. The fraction of sp³-hybridized carbons (Fsp3) is 0.804. The number of unbranched alkanes of at least 4 members (excludes halogenated alkanes) is 19. The van der Waals surface area contributed by atoms with Crippen LogP contribution in [0.5, 0.6) is 0 Å². The molecule has 0 heterocycles. The number of allylic oxidation sites excluding steroid dienone is 8. The van der Waals surface area contributed by atoms with Gasteiger partial charge in [0.2, 0.25) is 0 Å². The molecule has 9 heteroatoms. The first kappa shape index (κ1) is 53.5. The van der Waals surface area contributed by atoms with Crippen LogP contribution in [0.25, 0.3) is 0 Å². The van der Waals surface area contributed by atoms with Crippen LogP contribution in [-0.4, -0.2) is 70.7 Å². The van der Waals surface area contributed by atoms with Crippen molar-refractivity contribution in [1.82, 2.24) is 0 Å². The number of rotatable bonds is 41. The predicted molar refractivity (Wildman–Crippen MR) is 231 cm³/mol. The summed E-state index contributed by atoms with van der Waals surface area (Å²) in [5.74, 6) is -0.350. The highest BCUT2D eigenvalue weighted by atomic mass is 31.2. The summed E-state index contributed by atoms with van der Waals surface area (Å²) in [6, 6.07) is 0. The highest BCUT2D eigenvalue weighted by Gasteiger charge is 2.20. The maximum Gasteiger partial charge on any atom is 0.306 e. The van der Waals surface area contributed by atoms with E-state index < -0.39 is 13.9 Å². The van der Waals surface area contributed by atoms with Crippen molar-refractivity contribution in [2.75, 3.05) is 54.1 Å². The Hall–Kier alpha value is -1.54. The molecule has 0 aliphatic carbocycles. The number of esters is 1. The van der Waals surface area contributed by atoms with Crippen LogP contribution in [0, 0.1) is 0 Å². The molecule has 0 saturated carbocycles. The zero-order valence-corrected chi connectivity index (χ0v) is 37.3. The summed E-state index contributed by atoms with van der Waals surface area (Å²) >= 11 is 0. The van der Waals surface area contributed by atoms with E-state index in [1.807, 2.05) is 21.1 Å². The Morgan fingerprint density at radius 3 is 1.56 bits per heavy atom. The molecule has 0 saturated heterocycles. The monoisotopic (exact) mass is 796 g/mol. The summed E-state index contributed by atoms with van der Waals surface area (Å²) in [5.41, 5.74) is 0. The molecule has 0 aromatic rings. The highest BCUT2D eigenvalue weighted by Crippen LogP contribution is 2.38. The number of quaternary nitrogens is 1. The molecular weight excluding hydrogens is 709 g/mol. The van der Waals surface area contributed by atoms with Crippen molar-refractivity contribution >= 4 is 13.8 Å². The molecule has 0 aromatic heterocycles. The Kier molecular flexibility index (Phi) is 38.2. The van der Waals surface area contributed by atoms with E-state index in [-0.39, 0.29) is 25.8 Å². The van der Waals surface area contributed by atoms with Gasteiger partial charge in [-0.1, -0.05) is 152 Å². The minimum atomic E-state index is -4.53. The number of phosphoric acid groups is 1. The van der Waals surface area contributed by atoms with Gasteiger partial charge in [-0.05, 0) is 70.6 Å². The topological polar surface area (TPSA) is 94.1 Å². The first-order valence-electron chi connectivity index (χ1n) is 22.4. The molecule has 0 aromatic carbocycles.